The van der Waals surface area contributed by atoms with Gasteiger partial charge in [-0.15, -0.1) is 0 Å². The molecule has 152 valence electrons. The quantitative estimate of drug-likeness (QED) is 0.349. The first-order valence-corrected chi connectivity index (χ1v) is 8.23. The van der Waals surface area contributed by atoms with Crippen molar-refractivity contribution in [2.75, 3.05) is 13.6 Å². The highest BCUT2D eigenvalue weighted by molar-refractivity contribution is 5.81. The van der Waals surface area contributed by atoms with Crippen molar-refractivity contribution in [3.63, 3.8) is 0 Å². The highest BCUT2D eigenvalue weighted by Gasteiger charge is 2.26. The molecule has 0 heterocycles. The fraction of sp³-hybridized carbons (Fsp3) is 0.824. The van der Waals surface area contributed by atoms with Crippen molar-refractivity contribution >= 4 is 18.2 Å². The highest BCUT2D eigenvalue weighted by Crippen LogP contribution is 2.10. The number of methoxy groups -OCH3 is 1. The number of carbonyl (C=O) groups excluding carboxylic acids is 3. The number of hydrogen-bond acceptors (Lipinski definition) is 7. The maximum absolute atomic E-state index is 11.9. The van der Waals surface area contributed by atoms with Gasteiger partial charge in [-0.25, -0.2) is 14.4 Å². The molecule has 0 saturated carbocycles. The van der Waals surface area contributed by atoms with Crippen LogP contribution in [0.1, 0.15) is 57.1 Å². The number of alkyl carbamates (subject to hydrolysis) is 2. The van der Waals surface area contributed by atoms with Crippen LogP contribution in [0.3, 0.4) is 0 Å². The van der Waals surface area contributed by atoms with Gasteiger partial charge in [0.25, 0.3) is 0 Å². The van der Waals surface area contributed by atoms with Gasteiger partial charge in [0.15, 0.2) is 0 Å². The molecule has 0 spiro atoms. The molecule has 2 amide bonds. The summed E-state index contributed by atoms with van der Waals surface area (Å²) >= 11 is 0. The standard InChI is InChI=1S/C17H32N2O7/c1-16(2,3)25-14(22)18-10-11(20)8-9-12(13(21)24-7)19-15(23)26-17(4,5)6/h11-12,20H,8-10H2,1-7H3,(H,18,22)(H,19,23)/t11?,12-/m0/s1/i10+1D2. The van der Waals surface area contributed by atoms with E-state index >= 15 is 0 Å². The van der Waals surface area contributed by atoms with Gasteiger partial charge in [-0.2, -0.15) is 0 Å². The molecule has 0 aromatic rings. The molecule has 0 fully saturated rings. The smallest absolute Gasteiger partial charge is 0.408 e. The molecule has 0 rings (SSSR count). The largest absolute Gasteiger partial charge is 0.467 e. The van der Waals surface area contributed by atoms with E-state index in [0.717, 1.165) is 7.11 Å². The molecule has 0 aliphatic carbocycles. The lowest BCUT2D eigenvalue weighted by molar-refractivity contribution is -0.143. The summed E-state index contributed by atoms with van der Waals surface area (Å²) in [6.07, 6.45) is -3.98. The number of amides is 2. The molecule has 0 aliphatic heterocycles. The molecule has 0 radical (unpaired) electrons. The second-order valence-corrected chi connectivity index (χ2v) is 7.59. The van der Waals surface area contributed by atoms with Gasteiger partial charge in [0, 0.05) is 6.50 Å². The average molecular weight is 379 g/mol. The first-order chi connectivity index (χ1) is 12.5. The second kappa shape index (κ2) is 10.2. The summed E-state index contributed by atoms with van der Waals surface area (Å²) in [6.45, 7) is 7.28. The van der Waals surface area contributed by atoms with Gasteiger partial charge in [0.1, 0.15) is 17.2 Å². The molecule has 0 aliphatic rings. The van der Waals surface area contributed by atoms with Crippen molar-refractivity contribution in [3.8, 4) is 0 Å². The molecule has 0 aromatic heterocycles. The number of carbonyl (C=O) groups is 3. The Kier molecular flexibility index (Phi) is 7.96. The zero-order chi connectivity index (χ0) is 22.3. The van der Waals surface area contributed by atoms with Gasteiger partial charge >= 0.3 is 18.2 Å². The van der Waals surface area contributed by atoms with Crippen LogP contribution in [-0.2, 0) is 19.0 Å². The van der Waals surface area contributed by atoms with Gasteiger partial charge < -0.3 is 30.0 Å². The minimum atomic E-state index is -2.52. The van der Waals surface area contributed by atoms with Crippen molar-refractivity contribution < 1.29 is 36.4 Å². The molecular formula is C17H32N2O7. The van der Waals surface area contributed by atoms with E-state index in [1.807, 2.05) is 5.32 Å². The second-order valence-electron chi connectivity index (χ2n) is 7.59. The van der Waals surface area contributed by atoms with E-state index < -0.39 is 48.0 Å². The summed E-state index contributed by atoms with van der Waals surface area (Å²) in [5.74, 6) is -0.779. The Balaban J connectivity index is 4.88. The Morgan fingerprint density at radius 2 is 1.50 bits per heavy atom. The monoisotopic (exact) mass is 379 g/mol. The van der Waals surface area contributed by atoms with Gasteiger partial charge in [-0.3, -0.25) is 0 Å². The number of nitrogens with one attached hydrogen (secondary N) is 2. The van der Waals surface area contributed by atoms with Crippen LogP contribution in [0.4, 0.5) is 9.59 Å². The third kappa shape index (κ3) is 12.3. The fourth-order valence-corrected chi connectivity index (χ4v) is 1.68. The number of hydrogen-bond donors (Lipinski definition) is 3. The molecular weight excluding hydrogens is 345 g/mol. The van der Waals surface area contributed by atoms with E-state index in [0.29, 0.717) is 0 Å². The third-order valence-electron chi connectivity index (χ3n) is 2.65. The van der Waals surface area contributed by atoms with Crippen molar-refractivity contribution in [1.82, 2.24) is 10.6 Å². The Labute approximate surface area is 157 Å². The molecule has 3 N–H and O–H groups in total. The molecule has 0 saturated heterocycles. The van der Waals surface area contributed by atoms with Crippen LogP contribution in [0.25, 0.3) is 0 Å². The van der Waals surface area contributed by atoms with Gasteiger partial charge in [-0.05, 0) is 54.4 Å². The van der Waals surface area contributed by atoms with Crippen LogP contribution in [0.2, 0.25) is 0 Å². The first-order valence-electron chi connectivity index (χ1n) is 9.23. The zero-order valence-electron chi connectivity index (χ0n) is 18.5. The summed E-state index contributed by atoms with van der Waals surface area (Å²) < 4.78 is 30.2. The van der Waals surface area contributed by atoms with Crippen molar-refractivity contribution in [1.29, 1.82) is 0 Å². The fourth-order valence-electron chi connectivity index (χ4n) is 1.68. The predicted octanol–water partition coefficient (Wildman–Crippen LogP) is 1.72. The molecule has 2 atom stereocenters. The Morgan fingerprint density at radius 3 is 1.96 bits per heavy atom. The van der Waals surface area contributed by atoms with Gasteiger partial charge in [-0.1, -0.05) is 0 Å². The first kappa shape index (κ1) is 20.3. The number of esters is 1. The lowest BCUT2D eigenvalue weighted by Gasteiger charge is -2.23. The van der Waals surface area contributed by atoms with E-state index in [-0.39, 0.29) is 12.8 Å². The molecule has 26 heavy (non-hydrogen) atoms. The topological polar surface area (TPSA) is 123 Å². The molecule has 9 nitrogen and oxygen atoms in total. The predicted molar refractivity (Wildman–Crippen MR) is 94.7 cm³/mol. The van der Waals surface area contributed by atoms with Crippen molar-refractivity contribution in [2.45, 2.75) is 77.7 Å². The van der Waals surface area contributed by atoms with Gasteiger partial charge in [0.05, 0.1) is 16.0 Å². The summed E-state index contributed by atoms with van der Waals surface area (Å²) in [5, 5.41) is 14.4. The van der Waals surface area contributed by atoms with Crippen LogP contribution in [0, 0.1) is 0 Å². The number of rotatable bonds is 7. The number of aliphatic hydroxyl groups is 1. The van der Waals surface area contributed by atoms with Crippen LogP contribution < -0.4 is 10.6 Å². The molecule has 1 unspecified atom stereocenters. The van der Waals surface area contributed by atoms with Crippen LogP contribution in [0.5, 0.6) is 0 Å². The van der Waals surface area contributed by atoms with Gasteiger partial charge in [0.2, 0.25) is 0 Å². The highest BCUT2D eigenvalue weighted by atomic mass is 16.6. The Bertz CT molecular complexity index is 557. The minimum Gasteiger partial charge on any atom is -0.467 e. The van der Waals surface area contributed by atoms with E-state index in [9.17, 15) is 19.5 Å². The lowest BCUT2D eigenvalue weighted by Crippen LogP contribution is -2.44. The summed E-state index contributed by atoms with van der Waals surface area (Å²) in [6, 6.07) is -1.16. The maximum Gasteiger partial charge on any atom is 0.408 e. The Hall–Kier alpha value is -2.03. The third-order valence-corrected chi connectivity index (χ3v) is 2.65. The van der Waals surface area contributed by atoms with E-state index in [1.165, 1.54) is 0 Å². The number of aliphatic hydroxyl groups excluding tert-OH is 1. The van der Waals surface area contributed by atoms with Crippen molar-refractivity contribution in [3.05, 3.63) is 0 Å². The Morgan fingerprint density at radius 1 is 1.00 bits per heavy atom. The van der Waals surface area contributed by atoms with Crippen LogP contribution in [0.15, 0.2) is 0 Å². The molecule has 9 heteroatoms. The summed E-state index contributed by atoms with van der Waals surface area (Å²) in [5.41, 5.74) is -1.61. The normalized spacial score (nSPS) is 15.7. The molecule has 0 aromatic carbocycles. The van der Waals surface area contributed by atoms with E-state index in [4.69, 9.17) is 12.2 Å². The maximum atomic E-state index is 11.9. The van der Waals surface area contributed by atoms with E-state index in [1.54, 1.807) is 41.5 Å². The number of ether oxygens (including phenoxy) is 3. The zero-order valence-corrected chi connectivity index (χ0v) is 16.5. The van der Waals surface area contributed by atoms with E-state index in [2.05, 4.69) is 10.1 Å². The lowest BCUT2D eigenvalue weighted by atomic mass is 10.1. The van der Waals surface area contributed by atoms with Crippen molar-refractivity contribution in [2.24, 2.45) is 0 Å². The minimum absolute atomic E-state index is 0.150. The summed E-state index contributed by atoms with van der Waals surface area (Å²) in [7, 11) is 1.13. The SMILES string of the molecule is [2H][13C]([2H])(NC(=O)OC(C)(C)C)C(O)CC[C@H](NC(=O)OC(C)(C)C)C(=O)OC. The summed E-state index contributed by atoms with van der Waals surface area (Å²) in [4.78, 5) is 35.4. The van der Waals surface area contributed by atoms with Crippen LogP contribution in [-0.4, -0.2) is 60.2 Å². The van der Waals surface area contributed by atoms with Crippen LogP contribution >= 0.6 is 0 Å². The average Bonchev–Trinajstić information content (AvgIpc) is 2.45. The molecule has 0 bridgehead atoms.